The van der Waals surface area contributed by atoms with E-state index in [1.54, 1.807) is 29.2 Å². The summed E-state index contributed by atoms with van der Waals surface area (Å²) in [5, 5.41) is 9.18. The third kappa shape index (κ3) is 9.01. The number of sulfone groups is 1. The SMILES string of the molecule is CS(=O)(=O)c1cc(OCCCN(CCc2ccc(F)cc2)Cc2cccc(C(F)(F)F)c2F)ccc1CCO. The summed E-state index contributed by atoms with van der Waals surface area (Å²) in [6.07, 6.45) is -2.69. The Labute approximate surface area is 224 Å². The molecule has 212 valence electrons. The highest BCUT2D eigenvalue weighted by atomic mass is 32.2. The highest BCUT2D eigenvalue weighted by Gasteiger charge is 2.34. The van der Waals surface area contributed by atoms with Crippen molar-refractivity contribution >= 4 is 9.84 Å². The van der Waals surface area contributed by atoms with Crippen molar-refractivity contribution in [3.63, 3.8) is 0 Å². The van der Waals surface area contributed by atoms with E-state index >= 15 is 0 Å². The molecule has 3 aromatic carbocycles. The van der Waals surface area contributed by atoms with Gasteiger partial charge in [0.1, 0.15) is 17.4 Å². The molecule has 5 nitrogen and oxygen atoms in total. The molecule has 0 bridgehead atoms. The molecule has 39 heavy (non-hydrogen) atoms. The largest absolute Gasteiger partial charge is 0.494 e. The van der Waals surface area contributed by atoms with Crippen LogP contribution >= 0.6 is 0 Å². The molecule has 3 aromatic rings. The molecular weight excluding hydrogens is 541 g/mol. The number of hydrogen-bond acceptors (Lipinski definition) is 5. The zero-order valence-electron chi connectivity index (χ0n) is 21.3. The lowest BCUT2D eigenvalue weighted by Crippen LogP contribution is -2.28. The first-order valence-corrected chi connectivity index (χ1v) is 14.2. The van der Waals surface area contributed by atoms with Crippen LogP contribution in [0.1, 0.15) is 28.7 Å². The molecule has 0 unspecified atom stereocenters. The standard InChI is InChI=1S/C28H30F5NO4S/c1-39(36,37)26-18-24(11-8-21(26)13-16-35)38-17-3-14-34(15-12-20-6-9-23(29)10-7-20)19-22-4-2-5-25(27(22)30)28(31,32)33/h2,4-11,18,35H,3,12-17,19H2,1H3. The van der Waals surface area contributed by atoms with Crippen molar-refractivity contribution in [3.8, 4) is 5.75 Å². The van der Waals surface area contributed by atoms with Gasteiger partial charge in [0.2, 0.25) is 0 Å². The van der Waals surface area contributed by atoms with Crippen LogP contribution < -0.4 is 4.74 Å². The van der Waals surface area contributed by atoms with E-state index in [1.165, 1.54) is 30.3 Å². The Kier molecular flexibility index (Phi) is 10.5. The minimum Gasteiger partial charge on any atom is -0.494 e. The van der Waals surface area contributed by atoms with Crippen LogP contribution in [0.15, 0.2) is 65.6 Å². The average Bonchev–Trinajstić information content (AvgIpc) is 2.86. The van der Waals surface area contributed by atoms with Crippen molar-refractivity contribution in [2.75, 3.05) is 32.6 Å². The first-order chi connectivity index (χ1) is 18.4. The average molecular weight is 572 g/mol. The second kappa shape index (κ2) is 13.4. The molecule has 0 aliphatic heterocycles. The van der Waals surface area contributed by atoms with Crippen molar-refractivity contribution in [3.05, 3.63) is 94.6 Å². The van der Waals surface area contributed by atoms with E-state index < -0.39 is 27.4 Å². The van der Waals surface area contributed by atoms with Crippen LogP contribution in [0.4, 0.5) is 22.0 Å². The normalized spacial score (nSPS) is 12.2. The van der Waals surface area contributed by atoms with Gasteiger partial charge in [-0.15, -0.1) is 0 Å². The molecule has 0 aromatic heterocycles. The van der Waals surface area contributed by atoms with Crippen molar-refractivity contribution in [2.24, 2.45) is 0 Å². The van der Waals surface area contributed by atoms with Gasteiger partial charge in [-0.25, -0.2) is 17.2 Å². The second-order valence-electron chi connectivity index (χ2n) is 9.15. The van der Waals surface area contributed by atoms with Gasteiger partial charge >= 0.3 is 6.18 Å². The molecule has 0 atom stereocenters. The fourth-order valence-corrected chi connectivity index (χ4v) is 5.12. The minimum absolute atomic E-state index is 0.0648. The zero-order valence-corrected chi connectivity index (χ0v) is 22.2. The van der Waals surface area contributed by atoms with E-state index in [-0.39, 0.29) is 42.5 Å². The van der Waals surface area contributed by atoms with E-state index in [0.717, 1.165) is 11.8 Å². The Balaban J connectivity index is 1.69. The smallest absolute Gasteiger partial charge is 0.419 e. The van der Waals surface area contributed by atoms with E-state index in [4.69, 9.17) is 4.74 Å². The van der Waals surface area contributed by atoms with Gasteiger partial charge in [0, 0.05) is 38.1 Å². The van der Waals surface area contributed by atoms with Crippen LogP contribution in [0.3, 0.4) is 0 Å². The summed E-state index contributed by atoms with van der Waals surface area (Å²) in [6, 6.07) is 13.6. The third-order valence-electron chi connectivity index (χ3n) is 6.11. The Bertz CT molecular complexity index is 1350. The third-order valence-corrected chi connectivity index (χ3v) is 7.29. The van der Waals surface area contributed by atoms with E-state index in [1.807, 2.05) is 0 Å². The fourth-order valence-electron chi connectivity index (χ4n) is 4.14. The van der Waals surface area contributed by atoms with Gasteiger partial charge in [-0.2, -0.15) is 13.2 Å². The topological polar surface area (TPSA) is 66.8 Å². The maximum Gasteiger partial charge on any atom is 0.419 e. The number of aliphatic hydroxyl groups excluding tert-OH is 1. The predicted octanol–water partition coefficient (Wildman–Crippen LogP) is 5.44. The molecule has 0 fully saturated rings. The highest BCUT2D eigenvalue weighted by Crippen LogP contribution is 2.32. The maximum absolute atomic E-state index is 14.7. The number of nitrogens with zero attached hydrogens (tertiary/aromatic N) is 1. The van der Waals surface area contributed by atoms with Crippen LogP contribution in [0.5, 0.6) is 5.75 Å². The summed E-state index contributed by atoms with van der Waals surface area (Å²) in [5.74, 6) is -1.38. The second-order valence-corrected chi connectivity index (χ2v) is 11.1. The molecule has 3 rings (SSSR count). The lowest BCUT2D eigenvalue weighted by Gasteiger charge is -2.23. The van der Waals surface area contributed by atoms with Crippen LogP contribution in [0.2, 0.25) is 0 Å². The van der Waals surface area contributed by atoms with Gasteiger partial charge < -0.3 is 9.84 Å². The number of aliphatic hydroxyl groups is 1. The van der Waals surface area contributed by atoms with E-state index in [2.05, 4.69) is 0 Å². The number of halogens is 5. The first-order valence-electron chi connectivity index (χ1n) is 12.3. The molecule has 0 radical (unpaired) electrons. The van der Waals surface area contributed by atoms with Crippen LogP contribution in [-0.4, -0.2) is 51.0 Å². The first kappa shape index (κ1) is 30.5. The summed E-state index contributed by atoms with van der Waals surface area (Å²) in [5.41, 5.74) is -0.129. The fraction of sp³-hybridized carbons (Fsp3) is 0.357. The molecule has 1 N–H and O–H groups in total. The number of rotatable bonds is 13. The van der Waals surface area contributed by atoms with Crippen molar-refractivity contribution in [1.82, 2.24) is 4.90 Å². The number of ether oxygens (including phenoxy) is 1. The Morgan fingerprint density at radius 1 is 0.923 bits per heavy atom. The summed E-state index contributed by atoms with van der Waals surface area (Å²) in [7, 11) is -3.55. The lowest BCUT2D eigenvalue weighted by atomic mass is 10.1. The lowest BCUT2D eigenvalue weighted by molar-refractivity contribution is -0.140. The Morgan fingerprint density at radius 3 is 2.28 bits per heavy atom. The van der Waals surface area contributed by atoms with Gasteiger partial charge in [-0.1, -0.05) is 30.3 Å². The van der Waals surface area contributed by atoms with Gasteiger partial charge in [0.15, 0.2) is 9.84 Å². The van der Waals surface area contributed by atoms with Crippen LogP contribution in [-0.2, 0) is 35.4 Å². The molecule has 0 saturated heterocycles. The minimum atomic E-state index is -4.82. The monoisotopic (exact) mass is 571 g/mol. The van der Waals surface area contributed by atoms with E-state index in [9.17, 15) is 35.5 Å². The van der Waals surface area contributed by atoms with Gasteiger partial charge in [-0.05, 0) is 60.7 Å². The Hall–Kier alpha value is -3.02. The van der Waals surface area contributed by atoms with Crippen LogP contribution in [0, 0.1) is 11.6 Å². The molecule has 11 heteroatoms. The molecule has 0 aliphatic rings. The highest BCUT2D eigenvalue weighted by molar-refractivity contribution is 7.90. The van der Waals surface area contributed by atoms with Gasteiger partial charge in [0.25, 0.3) is 0 Å². The maximum atomic E-state index is 14.7. The molecule has 0 spiro atoms. The van der Waals surface area contributed by atoms with Crippen molar-refractivity contribution < 1.29 is 40.2 Å². The molecule has 0 aliphatic carbocycles. The van der Waals surface area contributed by atoms with E-state index in [0.29, 0.717) is 43.3 Å². The quantitative estimate of drug-likeness (QED) is 0.219. The molecular formula is C28H30F5NO4S. The number of benzene rings is 3. The van der Waals surface area contributed by atoms with Crippen LogP contribution in [0.25, 0.3) is 0 Å². The molecule has 0 heterocycles. The number of alkyl halides is 3. The molecule has 0 amide bonds. The van der Waals surface area contributed by atoms with Gasteiger partial charge in [-0.3, -0.25) is 4.90 Å². The molecule has 0 saturated carbocycles. The Morgan fingerprint density at radius 2 is 1.64 bits per heavy atom. The number of hydrogen-bond donors (Lipinski definition) is 1. The van der Waals surface area contributed by atoms with Gasteiger partial charge in [0.05, 0.1) is 17.1 Å². The van der Waals surface area contributed by atoms with Crippen molar-refractivity contribution in [1.29, 1.82) is 0 Å². The summed E-state index contributed by atoms with van der Waals surface area (Å²) in [4.78, 5) is 1.85. The predicted molar refractivity (Wildman–Crippen MR) is 137 cm³/mol. The summed E-state index contributed by atoms with van der Waals surface area (Å²) in [6.45, 7) is 0.600. The summed E-state index contributed by atoms with van der Waals surface area (Å²) < 4.78 is 97.5. The van der Waals surface area contributed by atoms with Crippen molar-refractivity contribution in [2.45, 2.75) is 36.9 Å². The summed E-state index contributed by atoms with van der Waals surface area (Å²) >= 11 is 0. The zero-order chi connectivity index (χ0) is 28.6.